The Bertz CT molecular complexity index is 861. The van der Waals surface area contributed by atoms with Crippen molar-refractivity contribution in [3.8, 4) is 23.0 Å². The summed E-state index contributed by atoms with van der Waals surface area (Å²) in [4.78, 5) is 22.5. The summed E-state index contributed by atoms with van der Waals surface area (Å²) in [6, 6.07) is 9.13. The number of methoxy groups -OCH3 is 2. The summed E-state index contributed by atoms with van der Waals surface area (Å²) in [5.41, 5.74) is 0.315. The lowest BCUT2D eigenvalue weighted by molar-refractivity contribution is -0.385. The maximum atomic E-state index is 12.0. The van der Waals surface area contributed by atoms with Crippen LogP contribution in [0.15, 0.2) is 42.5 Å². The Hall–Kier alpha value is -3.55. The van der Waals surface area contributed by atoms with Gasteiger partial charge < -0.3 is 18.9 Å². The molecule has 0 aliphatic rings. The molecule has 0 unspecified atom stereocenters. The Balaban J connectivity index is 2.15. The summed E-state index contributed by atoms with van der Waals surface area (Å²) in [7, 11) is 2.90. The lowest BCUT2D eigenvalue weighted by Crippen LogP contribution is -2.06. The Morgan fingerprint density at radius 2 is 1.81 bits per heavy atom. The van der Waals surface area contributed by atoms with E-state index in [0.717, 1.165) is 0 Å². The average Bonchev–Trinajstić information content (AvgIpc) is 2.67. The highest BCUT2D eigenvalue weighted by atomic mass is 16.6. The van der Waals surface area contributed by atoms with Crippen LogP contribution in [0.1, 0.15) is 12.5 Å². The van der Waals surface area contributed by atoms with Crippen LogP contribution in [0, 0.1) is 10.1 Å². The molecule has 142 valence electrons. The molecular formula is C19H19NO7. The Kier molecular flexibility index (Phi) is 6.76. The Labute approximate surface area is 156 Å². The first-order valence-electron chi connectivity index (χ1n) is 8.01. The van der Waals surface area contributed by atoms with Gasteiger partial charge in [-0.2, -0.15) is 0 Å². The van der Waals surface area contributed by atoms with E-state index in [-0.39, 0.29) is 11.4 Å². The van der Waals surface area contributed by atoms with Crippen molar-refractivity contribution >= 4 is 17.7 Å². The third kappa shape index (κ3) is 5.21. The van der Waals surface area contributed by atoms with Crippen molar-refractivity contribution in [1.29, 1.82) is 0 Å². The smallest absolute Gasteiger partial charge is 0.336 e. The topological polar surface area (TPSA) is 97.1 Å². The van der Waals surface area contributed by atoms with E-state index in [4.69, 9.17) is 18.9 Å². The molecule has 0 atom stereocenters. The SMILES string of the molecule is CCOc1ccc(/C=C/C(=O)Oc2ccc(OC)cc2[N+](=O)[O-])cc1OC. The molecule has 27 heavy (non-hydrogen) atoms. The molecule has 0 aliphatic carbocycles. The number of hydrogen-bond donors (Lipinski definition) is 0. The van der Waals surface area contributed by atoms with Crippen molar-refractivity contribution < 1.29 is 28.7 Å². The Morgan fingerprint density at radius 1 is 1.07 bits per heavy atom. The fraction of sp³-hybridized carbons (Fsp3) is 0.211. The zero-order chi connectivity index (χ0) is 19.8. The van der Waals surface area contributed by atoms with Gasteiger partial charge in [-0.25, -0.2) is 4.79 Å². The van der Waals surface area contributed by atoms with E-state index >= 15 is 0 Å². The van der Waals surface area contributed by atoms with Gasteiger partial charge in [0.1, 0.15) is 5.75 Å². The zero-order valence-corrected chi connectivity index (χ0v) is 15.1. The largest absolute Gasteiger partial charge is 0.496 e. The monoisotopic (exact) mass is 373 g/mol. The molecule has 2 aromatic rings. The summed E-state index contributed by atoms with van der Waals surface area (Å²) in [6.07, 6.45) is 2.68. The standard InChI is InChI=1S/C19H19NO7/c1-4-26-17-8-5-13(11-18(17)25-3)6-10-19(21)27-16-9-7-14(24-2)12-15(16)20(22)23/h5-12H,4H2,1-3H3/b10-6+. The van der Waals surface area contributed by atoms with Gasteiger partial charge in [-0.1, -0.05) is 6.07 Å². The van der Waals surface area contributed by atoms with Crippen molar-refractivity contribution in [2.45, 2.75) is 6.92 Å². The minimum Gasteiger partial charge on any atom is -0.496 e. The van der Waals surface area contributed by atoms with Crippen LogP contribution in [0.2, 0.25) is 0 Å². The van der Waals surface area contributed by atoms with Crippen LogP contribution < -0.4 is 18.9 Å². The maximum absolute atomic E-state index is 12.0. The number of esters is 1. The fourth-order valence-corrected chi connectivity index (χ4v) is 2.22. The van der Waals surface area contributed by atoms with Gasteiger partial charge >= 0.3 is 11.7 Å². The molecule has 2 aromatic carbocycles. The van der Waals surface area contributed by atoms with E-state index in [0.29, 0.717) is 29.4 Å². The second kappa shape index (κ2) is 9.23. The fourth-order valence-electron chi connectivity index (χ4n) is 2.22. The van der Waals surface area contributed by atoms with Gasteiger partial charge in [-0.15, -0.1) is 0 Å². The number of nitrogens with zero attached hydrogens (tertiary/aromatic N) is 1. The number of rotatable bonds is 8. The summed E-state index contributed by atoms with van der Waals surface area (Å²) in [5.74, 6) is 0.487. The molecule has 0 N–H and O–H groups in total. The molecular weight excluding hydrogens is 354 g/mol. The zero-order valence-electron chi connectivity index (χ0n) is 15.1. The van der Waals surface area contributed by atoms with Crippen molar-refractivity contribution in [3.05, 3.63) is 58.2 Å². The molecule has 0 aliphatic heterocycles. The van der Waals surface area contributed by atoms with Gasteiger partial charge in [0.25, 0.3) is 0 Å². The molecule has 0 saturated heterocycles. The lowest BCUT2D eigenvalue weighted by atomic mass is 10.2. The molecule has 8 nitrogen and oxygen atoms in total. The molecule has 8 heteroatoms. The second-order valence-electron chi connectivity index (χ2n) is 5.19. The van der Waals surface area contributed by atoms with Crippen molar-refractivity contribution in [3.63, 3.8) is 0 Å². The van der Waals surface area contributed by atoms with Crippen LogP contribution in [0.5, 0.6) is 23.0 Å². The Morgan fingerprint density at radius 3 is 2.44 bits per heavy atom. The molecule has 2 rings (SSSR count). The van der Waals surface area contributed by atoms with E-state index in [9.17, 15) is 14.9 Å². The summed E-state index contributed by atoms with van der Waals surface area (Å²) in [6.45, 7) is 2.36. The summed E-state index contributed by atoms with van der Waals surface area (Å²) < 4.78 is 20.7. The normalized spacial score (nSPS) is 10.5. The number of carbonyl (C=O) groups is 1. The summed E-state index contributed by atoms with van der Waals surface area (Å²) >= 11 is 0. The number of carbonyl (C=O) groups excluding carboxylic acids is 1. The van der Waals surface area contributed by atoms with Gasteiger partial charge in [0.2, 0.25) is 5.75 Å². The molecule has 0 radical (unpaired) electrons. The first-order chi connectivity index (χ1) is 13.0. The molecule has 0 aromatic heterocycles. The number of benzene rings is 2. The van der Waals surface area contributed by atoms with Gasteiger partial charge in [0, 0.05) is 6.08 Å². The van der Waals surface area contributed by atoms with E-state index < -0.39 is 10.9 Å². The third-order valence-electron chi connectivity index (χ3n) is 3.47. The predicted octanol–water partition coefficient (Wildman–Crippen LogP) is 3.63. The summed E-state index contributed by atoms with van der Waals surface area (Å²) in [5, 5.41) is 11.1. The predicted molar refractivity (Wildman–Crippen MR) is 98.5 cm³/mol. The number of hydrogen-bond acceptors (Lipinski definition) is 7. The van der Waals surface area contributed by atoms with E-state index in [1.165, 1.54) is 44.6 Å². The van der Waals surface area contributed by atoms with E-state index in [1.807, 2.05) is 6.92 Å². The highest BCUT2D eigenvalue weighted by molar-refractivity contribution is 5.89. The van der Waals surface area contributed by atoms with Gasteiger partial charge in [-0.3, -0.25) is 10.1 Å². The lowest BCUT2D eigenvalue weighted by Gasteiger charge is -2.09. The molecule has 0 heterocycles. The first-order valence-corrected chi connectivity index (χ1v) is 8.01. The van der Waals surface area contributed by atoms with E-state index in [2.05, 4.69) is 0 Å². The highest BCUT2D eigenvalue weighted by Gasteiger charge is 2.18. The minimum absolute atomic E-state index is 0.167. The first kappa shape index (κ1) is 19.8. The van der Waals surface area contributed by atoms with Gasteiger partial charge in [0.15, 0.2) is 11.5 Å². The van der Waals surface area contributed by atoms with Crippen LogP contribution >= 0.6 is 0 Å². The molecule has 0 fully saturated rings. The quantitative estimate of drug-likeness (QED) is 0.229. The third-order valence-corrected chi connectivity index (χ3v) is 3.47. The highest BCUT2D eigenvalue weighted by Crippen LogP contribution is 2.31. The van der Waals surface area contributed by atoms with E-state index in [1.54, 1.807) is 18.2 Å². The van der Waals surface area contributed by atoms with Gasteiger partial charge in [0.05, 0.1) is 31.8 Å². The minimum atomic E-state index is -0.754. The number of nitro groups is 1. The average molecular weight is 373 g/mol. The number of ether oxygens (including phenoxy) is 4. The molecule has 0 bridgehead atoms. The second-order valence-corrected chi connectivity index (χ2v) is 5.19. The maximum Gasteiger partial charge on any atom is 0.336 e. The molecule has 0 saturated carbocycles. The van der Waals surface area contributed by atoms with Crippen LogP contribution in [0.25, 0.3) is 6.08 Å². The van der Waals surface area contributed by atoms with Crippen LogP contribution in [-0.4, -0.2) is 31.7 Å². The van der Waals surface area contributed by atoms with Crippen LogP contribution in [0.3, 0.4) is 0 Å². The van der Waals surface area contributed by atoms with Crippen LogP contribution in [0.4, 0.5) is 5.69 Å². The van der Waals surface area contributed by atoms with Gasteiger partial charge in [-0.05, 0) is 42.8 Å². The van der Waals surface area contributed by atoms with Crippen LogP contribution in [-0.2, 0) is 4.79 Å². The van der Waals surface area contributed by atoms with Crippen molar-refractivity contribution in [2.24, 2.45) is 0 Å². The molecule has 0 spiro atoms. The number of nitro benzene ring substituents is 1. The van der Waals surface area contributed by atoms with Crippen molar-refractivity contribution in [2.75, 3.05) is 20.8 Å². The molecule has 0 amide bonds. The van der Waals surface area contributed by atoms with Crippen molar-refractivity contribution in [1.82, 2.24) is 0 Å².